The van der Waals surface area contributed by atoms with E-state index in [1.807, 2.05) is 12.2 Å². The molecule has 2 aliphatic carbocycles. The summed E-state index contributed by atoms with van der Waals surface area (Å²) in [6.07, 6.45) is 0.788. The molecule has 3 unspecified atom stereocenters. The molecule has 1 saturated carbocycles. The molecule has 6 heteroatoms. The highest BCUT2D eigenvalue weighted by Gasteiger charge is 2.50. The summed E-state index contributed by atoms with van der Waals surface area (Å²) in [7, 11) is 0. The number of fused-ring (bicyclic) bond motifs is 2. The number of hydrogen-bond donors (Lipinski definition) is 1. The maximum absolute atomic E-state index is 12.4. The molecule has 0 aromatic heterocycles. The van der Waals surface area contributed by atoms with Gasteiger partial charge in [-0.15, -0.1) is 13.2 Å². The highest BCUT2D eigenvalue weighted by atomic mass is 19.4. The number of hydrogen-bond acceptors (Lipinski definition) is 2. The van der Waals surface area contributed by atoms with Gasteiger partial charge in [0.05, 0.1) is 0 Å². The molecule has 3 atom stereocenters. The van der Waals surface area contributed by atoms with Gasteiger partial charge in [-0.25, -0.2) is 0 Å². The summed E-state index contributed by atoms with van der Waals surface area (Å²) in [4.78, 5) is 11.1. The zero-order valence-corrected chi connectivity index (χ0v) is 11.6. The zero-order valence-electron chi connectivity index (χ0n) is 11.6. The van der Waals surface area contributed by atoms with Gasteiger partial charge in [-0.2, -0.15) is 0 Å². The lowest BCUT2D eigenvalue weighted by Crippen LogP contribution is -2.30. The minimum absolute atomic E-state index is 0.0190. The molecule has 118 valence electrons. The van der Waals surface area contributed by atoms with Gasteiger partial charge in [0.2, 0.25) is 0 Å². The van der Waals surface area contributed by atoms with E-state index < -0.39 is 17.7 Å². The van der Waals surface area contributed by atoms with Crippen LogP contribution < -0.4 is 4.74 Å². The van der Waals surface area contributed by atoms with E-state index in [1.54, 1.807) is 6.07 Å². The maximum atomic E-state index is 12.4. The van der Waals surface area contributed by atoms with Gasteiger partial charge in [-0.1, -0.05) is 24.3 Å². The van der Waals surface area contributed by atoms with Crippen molar-refractivity contribution in [3.63, 3.8) is 0 Å². The summed E-state index contributed by atoms with van der Waals surface area (Å²) in [6.45, 7) is 0. The van der Waals surface area contributed by atoms with Crippen molar-refractivity contribution in [1.82, 2.24) is 0 Å². The van der Waals surface area contributed by atoms with Crippen LogP contribution in [0.25, 0.3) is 0 Å². The highest BCUT2D eigenvalue weighted by molar-refractivity contribution is 5.68. The molecule has 22 heavy (non-hydrogen) atoms. The van der Waals surface area contributed by atoms with E-state index >= 15 is 0 Å². The van der Waals surface area contributed by atoms with Crippen LogP contribution in [-0.4, -0.2) is 17.4 Å². The van der Waals surface area contributed by atoms with Crippen LogP contribution >= 0.6 is 0 Å². The number of carboxylic acids is 1. The third kappa shape index (κ3) is 2.69. The lowest BCUT2D eigenvalue weighted by Gasteiger charge is -2.32. The Kier molecular flexibility index (Phi) is 3.42. The summed E-state index contributed by atoms with van der Waals surface area (Å²) in [5, 5.41) is 9.07. The van der Waals surface area contributed by atoms with Crippen LogP contribution in [-0.2, 0) is 10.2 Å². The molecule has 0 amide bonds. The van der Waals surface area contributed by atoms with Crippen molar-refractivity contribution in [1.29, 1.82) is 0 Å². The Bertz CT molecular complexity index is 623. The first-order valence-electron chi connectivity index (χ1n) is 7.06. The average molecular weight is 312 g/mol. The molecule has 1 aromatic carbocycles. The second kappa shape index (κ2) is 5.04. The van der Waals surface area contributed by atoms with Crippen molar-refractivity contribution in [3.8, 4) is 5.75 Å². The molecule has 2 bridgehead atoms. The van der Waals surface area contributed by atoms with Crippen LogP contribution in [0.3, 0.4) is 0 Å². The molecule has 3 nitrogen and oxygen atoms in total. The molecule has 3 rings (SSSR count). The van der Waals surface area contributed by atoms with E-state index in [0.29, 0.717) is 11.5 Å². The quantitative estimate of drug-likeness (QED) is 0.858. The number of aliphatic carboxylic acids is 1. The van der Waals surface area contributed by atoms with Crippen molar-refractivity contribution in [2.45, 2.75) is 31.0 Å². The highest BCUT2D eigenvalue weighted by Crippen LogP contribution is 2.56. The molecule has 1 N–H and O–H groups in total. The second-order valence-electron chi connectivity index (χ2n) is 5.97. The van der Waals surface area contributed by atoms with Gasteiger partial charge in [-0.3, -0.25) is 4.79 Å². The summed E-state index contributed by atoms with van der Waals surface area (Å²) in [5.74, 6) is -0.942. The number of alkyl halides is 3. The monoisotopic (exact) mass is 312 g/mol. The van der Waals surface area contributed by atoms with Gasteiger partial charge in [0, 0.05) is 11.8 Å². The Hall–Kier alpha value is -1.98. The van der Waals surface area contributed by atoms with Gasteiger partial charge in [0.25, 0.3) is 0 Å². The largest absolute Gasteiger partial charge is 0.573 e. The SMILES string of the molecule is O=C(O)CC1CC2C=CC1(c1cccc(OC(F)(F)F)c1)C2. The molecular formula is C16H15F3O3. The van der Waals surface area contributed by atoms with Crippen LogP contribution in [0.15, 0.2) is 36.4 Å². The number of halogens is 3. The van der Waals surface area contributed by atoms with Crippen molar-refractivity contribution in [2.75, 3.05) is 0 Å². The van der Waals surface area contributed by atoms with Gasteiger partial charge < -0.3 is 9.84 Å². The van der Waals surface area contributed by atoms with E-state index in [1.165, 1.54) is 18.2 Å². The Morgan fingerprint density at radius 3 is 2.82 bits per heavy atom. The van der Waals surface area contributed by atoms with E-state index in [4.69, 9.17) is 5.11 Å². The summed E-state index contributed by atoms with van der Waals surface area (Å²) in [5.41, 5.74) is 0.199. The van der Waals surface area contributed by atoms with Crippen LogP contribution in [0, 0.1) is 11.8 Å². The van der Waals surface area contributed by atoms with Crippen molar-refractivity contribution < 1.29 is 27.8 Å². The lowest BCUT2D eigenvalue weighted by molar-refractivity contribution is -0.274. The lowest BCUT2D eigenvalue weighted by atomic mass is 9.71. The normalized spacial score (nSPS) is 29.8. The first-order valence-corrected chi connectivity index (χ1v) is 7.06. The molecule has 0 heterocycles. The first kappa shape index (κ1) is 14.9. The summed E-state index contributed by atoms with van der Waals surface area (Å²) < 4.78 is 41.1. The second-order valence-corrected chi connectivity index (χ2v) is 5.97. The van der Waals surface area contributed by atoms with E-state index in [2.05, 4.69) is 4.74 Å². The fourth-order valence-corrected chi connectivity index (χ4v) is 3.83. The standard InChI is InChI=1S/C16H15F3O3/c17-16(18,19)22-13-3-1-2-11(7-13)15-5-4-10(9-15)6-12(15)8-14(20)21/h1-5,7,10,12H,6,8-9H2,(H,20,21). The van der Waals surface area contributed by atoms with Gasteiger partial charge in [0.15, 0.2) is 0 Å². The van der Waals surface area contributed by atoms with Crippen molar-refractivity contribution in [2.24, 2.45) is 11.8 Å². The minimum atomic E-state index is -4.74. The number of carbonyl (C=O) groups is 1. The van der Waals surface area contributed by atoms with E-state index in [-0.39, 0.29) is 18.1 Å². The van der Waals surface area contributed by atoms with Crippen molar-refractivity contribution >= 4 is 5.97 Å². The first-order chi connectivity index (χ1) is 10.3. The van der Waals surface area contributed by atoms with Gasteiger partial charge in [0.1, 0.15) is 5.75 Å². The van der Waals surface area contributed by atoms with Gasteiger partial charge >= 0.3 is 12.3 Å². The minimum Gasteiger partial charge on any atom is -0.481 e. The van der Waals surface area contributed by atoms with Crippen LogP contribution in [0.2, 0.25) is 0 Å². The predicted molar refractivity (Wildman–Crippen MR) is 72.4 cm³/mol. The molecule has 0 radical (unpaired) electrons. The van der Waals surface area contributed by atoms with Crippen LogP contribution in [0.5, 0.6) is 5.75 Å². The molecular weight excluding hydrogens is 297 g/mol. The molecule has 0 spiro atoms. The summed E-state index contributed by atoms with van der Waals surface area (Å²) >= 11 is 0. The Balaban J connectivity index is 1.93. The number of carboxylic acid groups (broad SMARTS) is 1. The predicted octanol–water partition coefficient (Wildman–Crippen LogP) is 3.89. The van der Waals surface area contributed by atoms with E-state index in [0.717, 1.165) is 12.8 Å². The molecule has 0 saturated heterocycles. The number of ether oxygens (including phenoxy) is 1. The van der Waals surface area contributed by atoms with Crippen molar-refractivity contribution in [3.05, 3.63) is 42.0 Å². The van der Waals surface area contributed by atoms with E-state index in [9.17, 15) is 18.0 Å². The Labute approximate surface area is 125 Å². The molecule has 1 fully saturated rings. The fraction of sp³-hybridized carbons (Fsp3) is 0.438. The number of rotatable bonds is 4. The van der Waals surface area contributed by atoms with Crippen LogP contribution in [0.4, 0.5) is 13.2 Å². The third-order valence-electron chi connectivity index (χ3n) is 4.61. The molecule has 0 aliphatic heterocycles. The summed E-state index contributed by atoms with van der Waals surface area (Å²) in [6, 6.07) is 5.89. The Morgan fingerprint density at radius 2 is 2.18 bits per heavy atom. The number of allylic oxidation sites excluding steroid dienone is 2. The van der Waals surface area contributed by atoms with Gasteiger partial charge in [-0.05, 0) is 42.4 Å². The number of benzene rings is 1. The molecule has 1 aromatic rings. The third-order valence-corrected chi connectivity index (χ3v) is 4.61. The fourth-order valence-electron chi connectivity index (χ4n) is 3.83. The average Bonchev–Trinajstić information content (AvgIpc) is 2.95. The Morgan fingerprint density at radius 1 is 1.41 bits per heavy atom. The maximum Gasteiger partial charge on any atom is 0.573 e. The molecule has 2 aliphatic rings. The zero-order chi connectivity index (χ0) is 16.0. The van der Waals surface area contributed by atoms with Crippen LogP contribution in [0.1, 0.15) is 24.8 Å². The topological polar surface area (TPSA) is 46.5 Å². The smallest absolute Gasteiger partial charge is 0.481 e.